The topological polar surface area (TPSA) is 52.9 Å². The maximum Gasteiger partial charge on any atom is 0.250 e. The molecular weight excluding hydrogens is 262 g/mol. The fraction of sp³-hybridized carbons (Fsp3) is 0.235. The van der Waals surface area contributed by atoms with Crippen LogP contribution in [-0.2, 0) is 13.1 Å². The number of rotatable bonds is 4. The fourth-order valence-corrected chi connectivity index (χ4v) is 2.77. The Morgan fingerprint density at radius 1 is 1.10 bits per heavy atom. The molecule has 4 nitrogen and oxygen atoms in total. The second-order valence-corrected chi connectivity index (χ2v) is 5.34. The first-order valence-corrected chi connectivity index (χ1v) is 7.16. The van der Waals surface area contributed by atoms with E-state index in [1.807, 2.05) is 0 Å². The summed E-state index contributed by atoms with van der Waals surface area (Å²) in [6.45, 7) is 3.68. The van der Waals surface area contributed by atoms with Crippen molar-refractivity contribution in [3.63, 3.8) is 0 Å². The first kappa shape index (κ1) is 13.5. The standard InChI is InChI=1S/C17H19N3O/c1-13-11-14-5-2-3-6-16(14)20(13)10-4-9-19-12-15(18)7-8-17(19)21/h2-3,5-8,11-12H,4,9-10,18H2,1H3. The number of nitrogen functional groups attached to an aromatic ring is 1. The van der Waals surface area contributed by atoms with Crippen LogP contribution in [0.4, 0.5) is 5.69 Å². The largest absolute Gasteiger partial charge is 0.398 e. The highest BCUT2D eigenvalue weighted by Crippen LogP contribution is 2.19. The Morgan fingerprint density at radius 3 is 2.76 bits per heavy atom. The summed E-state index contributed by atoms with van der Waals surface area (Å²) >= 11 is 0. The summed E-state index contributed by atoms with van der Waals surface area (Å²) < 4.78 is 3.98. The highest BCUT2D eigenvalue weighted by atomic mass is 16.1. The van der Waals surface area contributed by atoms with Crippen LogP contribution in [0.25, 0.3) is 10.9 Å². The van der Waals surface area contributed by atoms with Gasteiger partial charge in [0.25, 0.3) is 5.56 Å². The molecule has 4 heteroatoms. The van der Waals surface area contributed by atoms with Crippen LogP contribution in [0.3, 0.4) is 0 Å². The van der Waals surface area contributed by atoms with Gasteiger partial charge in [0.1, 0.15) is 0 Å². The Labute approximate surface area is 123 Å². The van der Waals surface area contributed by atoms with Crippen LogP contribution in [0.15, 0.2) is 53.5 Å². The van der Waals surface area contributed by atoms with Crippen molar-refractivity contribution < 1.29 is 0 Å². The average Bonchev–Trinajstić information content (AvgIpc) is 2.79. The number of benzene rings is 1. The molecule has 1 aromatic carbocycles. The van der Waals surface area contributed by atoms with Crippen LogP contribution in [-0.4, -0.2) is 9.13 Å². The molecule has 2 heterocycles. The van der Waals surface area contributed by atoms with Crippen molar-refractivity contribution in [2.75, 3.05) is 5.73 Å². The molecule has 0 radical (unpaired) electrons. The van der Waals surface area contributed by atoms with E-state index >= 15 is 0 Å². The van der Waals surface area contributed by atoms with Gasteiger partial charge in [-0.2, -0.15) is 0 Å². The summed E-state index contributed by atoms with van der Waals surface area (Å²) in [4.78, 5) is 11.7. The highest BCUT2D eigenvalue weighted by Gasteiger charge is 2.05. The molecule has 0 aliphatic rings. The summed E-state index contributed by atoms with van der Waals surface area (Å²) in [6.07, 6.45) is 2.60. The van der Waals surface area contributed by atoms with E-state index in [0.29, 0.717) is 12.2 Å². The first-order chi connectivity index (χ1) is 10.1. The van der Waals surface area contributed by atoms with E-state index in [2.05, 4.69) is 41.8 Å². The summed E-state index contributed by atoms with van der Waals surface area (Å²) in [5.74, 6) is 0. The number of aryl methyl sites for hydroxylation is 3. The van der Waals surface area contributed by atoms with Crippen LogP contribution >= 0.6 is 0 Å². The molecule has 0 spiro atoms. The number of nitrogens with zero attached hydrogens (tertiary/aromatic N) is 2. The Morgan fingerprint density at radius 2 is 1.90 bits per heavy atom. The molecule has 0 fully saturated rings. The highest BCUT2D eigenvalue weighted by molar-refractivity contribution is 5.81. The third-order valence-corrected chi connectivity index (χ3v) is 3.80. The van der Waals surface area contributed by atoms with Gasteiger partial charge in [0.2, 0.25) is 0 Å². The lowest BCUT2D eigenvalue weighted by atomic mass is 10.2. The quantitative estimate of drug-likeness (QED) is 0.799. The van der Waals surface area contributed by atoms with E-state index in [9.17, 15) is 4.79 Å². The second-order valence-electron chi connectivity index (χ2n) is 5.34. The van der Waals surface area contributed by atoms with E-state index in [0.717, 1.165) is 13.0 Å². The lowest BCUT2D eigenvalue weighted by Crippen LogP contribution is -2.19. The van der Waals surface area contributed by atoms with Crippen molar-refractivity contribution in [2.24, 2.45) is 0 Å². The number of hydrogen-bond acceptors (Lipinski definition) is 2. The molecule has 0 atom stereocenters. The Kier molecular flexibility index (Phi) is 3.52. The number of pyridine rings is 1. The number of nitrogens with two attached hydrogens (primary N) is 1. The zero-order chi connectivity index (χ0) is 14.8. The molecule has 0 saturated carbocycles. The molecule has 0 amide bonds. The normalized spacial score (nSPS) is 11.1. The van der Waals surface area contributed by atoms with Gasteiger partial charge >= 0.3 is 0 Å². The molecular formula is C17H19N3O. The zero-order valence-electron chi connectivity index (χ0n) is 12.1. The molecule has 0 aliphatic carbocycles. The van der Waals surface area contributed by atoms with Crippen molar-refractivity contribution in [1.29, 1.82) is 0 Å². The van der Waals surface area contributed by atoms with Gasteiger partial charge in [0, 0.05) is 42.3 Å². The van der Waals surface area contributed by atoms with E-state index in [-0.39, 0.29) is 5.56 Å². The molecule has 0 saturated heterocycles. The Balaban J connectivity index is 1.76. The van der Waals surface area contributed by atoms with Crippen LogP contribution in [0.1, 0.15) is 12.1 Å². The first-order valence-electron chi connectivity index (χ1n) is 7.16. The predicted octanol–water partition coefficient (Wildman–Crippen LogP) is 2.78. The minimum Gasteiger partial charge on any atom is -0.398 e. The molecule has 21 heavy (non-hydrogen) atoms. The smallest absolute Gasteiger partial charge is 0.250 e. The lowest BCUT2D eigenvalue weighted by Gasteiger charge is -2.10. The molecule has 108 valence electrons. The minimum absolute atomic E-state index is 0.00159. The predicted molar refractivity (Wildman–Crippen MR) is 86.4 cm³/mol. The van der Waals surface area contributed by atoms with Gasteiger partial charge in [-0.05, 0) is 36.9 Å². The molecule has 0 aliphatic heterocycles. The third kappa shape index (κ3) is 2.70. The molecule has 0 unspecified atom stereocenters. The van der Waals surface area contributed by atoms with Crippen LogP contribution in [0.2, 0.25) is 0 Å². The average molecular weight is 281 g/mol. The Bertz CT molecular complexity index is 829. The molecule has 3 aromatic rings. The summed E-state index contributed by atoms with van der Waals surface area (Å²) in [7, 11) is 0. The van der Waals surface area contributed by atoms with E-state index in [4.69, 9.17) is 5.73 Å². The number of anilines is 1. The van der Waals surface area contributed by atoms with Crippen LogP contribution < -0.4 is 11.3 Å². The van der Waals surface area contributed by atoms with Crippen molar-refractivity contribution in [3.05, 3.63) is 64.7 Å². The maximum atomic E-state index is 11.7. The number of fused-ring (bicyclic) bond motifs is 1. The molecule has 2 aromatic heterocycles. The van der Waals surface area contributed by atoms with Crippen molar-refractivity contribution in [3.8, 4) is 0 Å². The van der Waals surface area contributed by atoms with Gasteiger partial charge < -0.3 is 14.9 Å². The fourth-order valence-electron chi connectivity index (χ4n) is 2.77. The summed E-state index contributed by atoms with van der Waals surface area (Å²) in [6, 6.07) is 13.7. The monoisotopic (exact) mass is 281 g/mol. The SMILES string of the molecule is Cc1cc2ccccc2n1CCCn1cc(N)ccc1=O. The van der Waals surface area contributed by atoms with Gasteiger partial charge in [-0.25, -0.2) is 0 Å². The van der Waals surface area contributed by atoms with Crippen molar-refractivity contribution in [1.82, 2.24) is 9.13 Å². The number of para-hydroxylation sites is 1. The number of hydrogen-bond donors (Lipinski definition) is 1. The van der Waals surface area contributed by atoms with Crippen molar-refractivity contribution in [2.45, 2.75) is 26.4 Å². The minimum atomic E-state index is -0.00159. The van der Waals surface area contributed by atoms with Crippen LogP contribution in [0.5, 0.6) is 0 Å². The van der Waals surface area contributed by atoms with Crippen molar-refractivity contribution >= 4 is 16.6 Å². The summed E-state index contributed by atoms with van der Waals surface area (Å²) in [5.41, 5.74) is 8.84. The van der Waals surface area contributed by atoms with Gasteiger partial charge in [0.15, 0.2) is 0 Å². The van der Waals surface area contributed by atoms with Gasteiger partial charge in [-0.3, -0.25) is 4.79 Å². The second kappa shape index (κ2) is 5.48. The maximum absolute atomic E-state index is 11.7. The number of aromatic nitrogens is 2. The third-order valence-electron chi connectivity index (χ3n) is 3.80. The van der Waals surface area contributed by atoms with E-state index in [1.54, 1.807) is 16.8 Å². The molecule has 2 N–H and O–H groups in total. The summed E-state index contributed by atoms with van der Waals surface area (Å²) in [5, 5.41) is 1.26. The lowest BCUT2D eigenvalue weighted by molar-refractivity contribution is 0.557. The van der Waals surface area contributed by atoms with E-state index < -0.39 is 0 Å². The van der Waals surface area contributed by atoms with E-state index in [1.165, 1.54) is 22.7 Å². The van der Waals surface area contributed by atoms with Crippen LogP contribution in [0, 0.1) is 6.92 Å². The molecule has 0 bridgehead atoms. The van der Waals surface area contributed by atoms with Gasteiger partial charge in [0.05, 0.1) is 0 Å². The van der Waals surface area contributed by atoms with Gasteiger partial charge in [-0.15, -0.1) is 0 Å². The molecule has 3 rings (SSSR count). The Hall–Kier alpha value is -2.49. The van der Waals surface area contributed by atoms with Gasteiger partial charge in [-0.1, -0.05) is 18.2 Å². The zero-order valence-corrected chi connectivity index (χ0v) is 12.1.